The van der Waals surface area contributed by atoms with Gasteiger partial charge in [-0.1, -0.05) is 17.3 Å². The number of benzene rings is 2. The average molecular weight is 473 g/mol. The number of methoxy groups -OCH3 is 2. The molecule has 1 N–H and O–H groups in total. The van der Waals surface area contributed by atoms with Crippen molar-refractivity contribution in [2.24, 2.45) is 0 Å². The number of nitrogens with zero attached hydrogens (tertiary/aromatic N) is 3. The van der Waals surface area contributed by atoms with E-state index in [0.29, 0.717) is 34.5 Å². The largest absolute Gasteiger partial charge is 0.497 e. The number of urea groups is 1. The first-order valence-electron chi connectivity index (χ1n) is 11.0. The summed E-state index contributed by atoms with van der Waals surface area (Å²) in [5.41, 5.74) is 2.98. The lowest BCUT2D eigenvalue weighted by molar-refractivity contribution is 0.199. The molecule has 0 bridgehead atoms. The highest BCUT2D eigenvalue weighted by Gasteiger charge is 2.36. The molecular formula is C26H24N4O5. The van der Waals surface area contributed by atoms with Crippen molar-refractivity contribution in [2.45, 2.75) is 19.5 Å². The summed E-state index contributed by atoms with van der Waals surface area (Å²) >= 11 is 0. The van der Waals surface area contributed by atoms with Crippen LogP contribution in [0.1, 0.15) is 30.2 Å². The highest BCUT2D eigenvalue weighted by molar-refractivity contribution is 5.86. The van der Waals surface area contributed by atoms with E-state index in [4.69, 9.17) is 18.4 Å². The summed E-state index contributed by atoms with van der Waals surface area (Å²) in [6.45, 7) is 2.12. The smallest absolute Gasteiger partial charge is 0.322 e. The van der Waals surface area contributed by atoms with E-state index in [1.165, 1.54) is 0 Å². The first-order chi connectivity index (χ1) is 17.1. The molecule has 4 aromatic rings. The standard InChI is InChI=1S/C26H24N4O5/c1-16-22(25-28-24(29-35-25)17-9-11-19(32-2)12-10-17)23(18-6-4-7-20(14-18)33-3)27-26(31)30(16)15-21-8-5-13-34-21/h4-14,23H,15H2,1-3H3,(H,27,31). The van der Waals surface area contributed by atoms with Crippen LogP contribution in [0, 0.1) is 0 Å². The van der Waals surface area contributed by atoms with Crippen LogP contribution in [-0.2, 0) is 6.54 Å². The molecule has 1 atom stereocenters. The summed E-state index contributed by atoms with van der Waals surface area (Å²) in [4.78, 5) is 19.4. The third-order valence-corrected chi connectivity index (χ3v) is 5.92. The first kappa shape index (κ1) is 22.3. The Morgan fingerprint density at radius 2 is 1.83 bits per heavy atom. The van der Waals surface area contributed by atoms with E-state index in [9.17, 15) is 4.79 Å². The molecule has 0 saturated heterocycles. The quantitative estimate of drug-likeness (QED) is 0.402. The highest BCUT2D eigenvalue weighted by Crippen LogP contribution is 2.38. The van der Waals surface area contributed by atoms with Gasteiger partial charge in [0.15, 0.2) is 0 Å². The highest BCUT2D eigenvalue weighted by atomic mass is 16.5. The van der Waals surface area contributed by atoms with Gasteiger partial charge in [-0.25, -0.2) is 4.79 Å². The van der Waals surface area contributed by atoms with Crippen molar-refractivity contribution in [1.29, 1.82) is 0 Å². The normalized spacial score (nSPS) is 15.8. The van der Waals surface area contributed by atoms with Gasteiger partial charge in [0.1, 0.15) is 17.3 Å². The fourth-order valence-electron chi connectivity index (χ4n) is 4.07. The third-order valence-electron chi connectivity index (χ3n) is 5.92. The van der Waals surface area contributed by atoms with Crippen molar-refractivity contribution < 1.29 is 23.2 Å². The molecular weight excluding hydrogens is 448 g/mol. The van der Waals surface area contributed by atoms with Gasteiger partial charge >= 0.3 is 6.03 Å². The summed E-state index contributed by atoms with van der Waals surface area (Å²) in [5.74, 6) is 2.81. The van der Waals surface area contributed by atoms with E-state index in [-0.39, 0.29) is 12.6 Å². The lowest BCUT2D eigenvalue weighted by Gasteiger charge is -2.34. The molecule has 1 unspecified atom stereocenters. The number of nitrogens with one attached hydrogen (secondary N) is 1. The van der Waals surface area contributed by atoms with Crippen LogP contribution in [0.3, 0.4) is 0 Å². The van der Waals surface area contributed by atoms with Crippen molar-refractivity contribution in [3.8, 4) is 22.9 Å². The Balaban J connectivity index is 1.59. The van der Waals surface area contributed by atoms with Crippen molar-refractivity contribution in [1.82, 2.24) is 20.4 Å². The molecule has 9 heteroatoms. The Labute approximate surface area is 202 Å². The number of amides is 2. The Morgan fingerprint density at radius 1 is 1.03 bits per heavy atom. The second kappa shape index (κ2) is 9.38. The summed E-state index contributed by atoms with van der Waals surface area (Å²) in [6.07, 6.45) is 1.58. The summed E-state index contributed by atoms with van der Waals surface area (Å²) in [6, 6.07) is 17.7. The Morgan fingerprint density at radius 3 is 2.54 bits per heavy atom. The zero-order chi connectivity index (χ0) is 24.4. The molecule has 1 aliphatic heterocycles. The van der Waals surface area contributed by atoms with Crippen LogP contribution < -0.4 is 14.8 Å². The molecule has 178 valence electrons. The summed E-state index contributed by atoms with van der Waals surface area (Å²) in [7, 11) is 3.21. The van der Waals surface area contributed by atoms with E-state index in [1.54, 1.807) is 31.4 Å². The maximum absolute atomic E-state index is 13.2. The minimum Gasteiger partial charge on any atom is -0.497 e. The number of furan rings is 1. The minimum absolute atomic E-state index is 0.259. The molecule has 1 aliphatic rings. The summed E-state index contributed by atoms with van der Waals surface area (Å²) in [5, 5.41) is 7.27. The number of hydrogen-bond acceptors (Lipinski definition) is 7. The van der Waals surface area contributed by atoms with Crippen molar-refractivity contribution in [3.63, 3.8) is 0 Å². The van der Waals surface area contributed by atoms with Crippen LogP contribution >= 0.6 is 0 Å². The minimum atomic E-state index is -0.519. The van der Waals surface area contributed by atoms with E-state index < -0.39 is 6.04 Å². The zero-order valence-electron chi connectivity index (χ0n) is 19.5. The fraction of sp³-hybridized carbons (Fsp3) is 0.192. The van der Waals surface area contributed by atoms with E-state index in [2.05, 4.69) is 15.5 Å². The van der Waals surface area contributed by atoms with Gasteiger partial charge in [-0.15, -0.1) is 0 Å². The number of hydrogen-bond donors (Lipinski definition) is 1. The second-order valence-corrected chi connectivity index (χ2v) is 7.98. The average Bonchev–Trinajstić information content (AvgIpc) is 3.59. The third kappa shape index (κ3) is 4.35. The molecule has 0 spiro atoms. The van der Waals surface area contributed by atoms with Crippen molar-refractivity contribution in [3.05, 3.63) is 89.8 Å². The molecule has 0 radical (unpaired) electrons. The SMILES string of the molecule is COc1ccc(-c2noc(C3=C(C)N(Cc4ccco4)C(=O)NC3c3cccc(OC)c3)n2)cc1. The molecule has 3 heterocycles. The lowest BCUT2D eigenvalue weighted by Crippen LogP contribution is -2.45. The number of allylic oxidation sites excluding steroid dienone is 1. The Bertz CT molecular complexity index is 1360. The van der Waals surface area contributed by atoms with Gasteiger partial charge in [0.05, 0.1) is 38.6 Å². The second-order valence-electron chi connectivity index (χ2n) is 7.98. The predicted octanol–water partition coefficient (Wildman–Crippen LogP) is 5.04. The fourth-order valence-corrected chi connectivity index (χ4v) is 4.07. The van der Waals surface area contributed by atoms with Crippen LogP contribution in [0.15, 0.2) is 81.6 Å². The van der Waals surface area contributed by atoms with Gasteiger partial charge in [0.25, 0.3) is 5.89 Å². The van der Waals surface area contributed by atoms with Crippen LogP contribution in [0.2, 0.25) is 0 Å². The number of aromatic nitrogens is 2. The van der Waals surface area contributed by atoms with E-state index >= 15 is 0 Å². The first-order valence-corrected chi connectivity index (χ1v) is 11.0. The van der Waals surface area contributed by atoms with Gasteiger partial charge in [0, 0.05) is 11.3 Å². The number of rotatable bonds is 7. The Hall–Kier alpha value is -4.53. The van der Waals surface area contributed by atoms with Gasteiger partial charge in [0.2, 0.25) is 5.82 Å². The molecule has 2 amide bonds. The molecule has 5 rings (SSSR count). The van der Waals surface area contributed by atoms with Crippen LogP contribution in [0.25, 0.3) is 17.0 Å². The molecule has 2 aromatic heterocycles. The van der Waals surface area contributed by atoms with Gasteiger partial charge in [-0.2, -0.15) is 4.98 Å². The monoisotopic (exact) mass is 472 g/mol. The van der Waals surface area contributed by atoms with Crippen LogP contribution in [0.5, 0.6) is 11.5 Å². The maximum atomic E-state index is 13.2. The van der Waals surface area contributed by atoms with Crippen molar-refractivity contribution in [2.75, 3.05) is 14.2 Å². The molecule has 0 fully saturated rings. The zero-order valence-corrected chi connectivity index (χ0v) is 19.5. The topological polar surface area (TPSA) is 103 Å². The van der Waals surface area contributed by atoms with E-state index in [1.807, 2.05) is 61.5 Å². The van der Waals surface area contributed by atoms with Crippen molar-refractivity contribution >= 4 is 11.6 Å². The molecule has 0 saturated carbocycles. The number of ether oxygens (including phenoxy) is 2. The van der Waals surface area contributed by atoms with Gasteiger partial charge < -0.3 is 23.7 Å². The van der Waals surface area contributed by atoms with E-state index in [0.717, 1.165) is 16.9 Å². The molecule has 2 aromatic carbocycles. The predicted molar refractivity (Wildman–Crippen MR) is 127 cm³/mol. The summed E-state index contributed by atoms with van der Waals surface area (Å²) < 4.78 is 21.8. The molecule has 0 aliphatic carbocycles. The number of carbonyl (C=O) groups excluding carboxylic acids is 1. The van der Waals surface area contributed by atoms with Crippen LogP contribution in [0.4, 0.5) is 4.79 Å². The Kier molecular flexibility index (Phi) is 5.97. The lowest BCUT2D eigenvalue weighted by atomic mass is 9.94. The molecule has 9 nitrogen and oxygen atoms in total. The van der Waals surface area contributed by atoms with Gasteiger partial charge in [-0.3, -0.25) is 4.90 Å². The van der Waals surface area contributed by atoms with Gasteiger partial charge in [-0.05, 0) is 61.0 Å². The molecule has 35 heavy (non-hydrogen) atoms. The number of carbonyl (C=O) groups is 1. The maximum Gasteiger partial charge on any atom is 0.322 e. The van der Waals surface area contributed by atoms with Crippen LogP contribution in [-0.4, -0.2) is 35.3 Å².